The zero-order chi connectivity index (χ0) is 23.7. The number of ether oxygens (including phenoxy) is 1. The molecule has 168 valence electrons. The van der Waals surface area contributed by atoms with Crippen molar-refractivity contribution in [1.82, 2.24) is 9.88 Å². The molecule has 0 radical (unpaired) electrons. The van der Waals surface area contributed by atoms with Crippen molar-refractivity contribution in [1.29, 1.82) is 0 Å². The van der Waals surface area contributed by atoms with Gasteiger partial charge in [0.15, 0.2) is 0 Å². The van der Waals surface area contributed by atoms with Crippen molar-refractivity contribution >= 4 is 29.6 Å². The molecular weight excluding hydrogens is 418 g/mol. The van der Waals surface area contributed by atoms with Gasteiger partial charge in [-0.1, -0.05) is 18.2 Å². The summed E-state index contributed by atoms with van der Waals surface area (Å²) in [6, 6.07) is 15.9. The van der Waals surface area contributed by atoms with E-state index in [0.29, 0.717) is 18.0 Å². The van der Waals surface area contributed by atoms with Crippen LogP contribution in [0, 0.1) is 20.8 Å². The maximum atomic E-state index is 13.3. The summed E-state index contributed by atoms with van der Waals surface area (Å²) >= 11 is 0. The molecule has 4 rings (SSSR count). The normalized spacial score (nSPS) is 15.2. The quantitative estimate of drug-likeness (QED) is 0.466. The highest BCUT2D eigenvalue weighted by atomic mass is 16.5. The largest absolute Gasteiger partial charge is 0.494 e. The molecule has 7 heteroatoms. The molecule has 0 bridgehead atoms. The number of rotatable bonds is 5. The number of hydrogen-bond donors (Lipinski definition) is 1. The molecule has 0 unspecified atom stereocenters. The number of carbonyl (C=O) groups excluding carboxylic acids is 3. The second-order valence-electron chi connectivity index (χ2n) is 7.89. The van der Waals surface area contributed by atoms with E-state index >= 15 is 0 Å². The van der Waals surface area contributed by atoms with E-state index in [2.05, 4.69) is 16.0 Å². The lowest BCUT2D eigenvalue weighted by molar-refractivity contribution is -0.122. The van der Waals surface area contributed by atoms with E-state index < -0.39 is 17.8 Å². The van der Waals surface area contributed by atoms with Crippen LogP contribution in [0.25, 0.3) is 11.8 Å². The van der Waals surface area contributed by atoms with Crippen LogP contribution < -0.4 is 15.0 Å². The number of hydrogen-bond acceptors (Lipinski definition) is 4. The van der Waals surface area contributed by atoms with Gasteiger partial charge in [0.1, 0.15) is 11.3 Å². The standard InChI is InChI=1S/C26H25N3O4/c1-5-33-22-11-7-10-21(15-22)29-25(31)23(24(30)27-26(29)32)14-19-13-17(3)28(18(19)4)20-9-6-8-16(2)12-20/h6-15H,5H2,1-4H3,(H,27,30,32)/b23-14+. The fourth-order valence-electron chi connectivity index (χ4n) is 4.02. The Balaban J connectivity index is 1.74. The van der Waals surface area contributed by atoms with E-state index in [0.717, 1.165) is 33.1 Å². The van der Waals surface area contributed by atoms with Gasteiger partial charge in [0.2, 0.25) is 0 Å². The minimum absolute atomic E-state index is 0.110. The monoisotopic (exact) mass is 443 g/mol. The molecule has 2 aromatic carbocycles. The minimum Gasteiger partial charge on any atom is -0.494 e. The topological polar surface area (TPSA) is 80.6 Å². The van der Waals surface area contributed by atoms with Crippen LogP contribution in [0.5, 0.6) is 5.75 Å². The van der Waals surface area contributed by atoms with Crippen molar-refractivity contribution in [2.24, 2.45) is 0 Å². The summed E-state index contributed by atoms with van der Waals surface area (Å²) in [5, 5.41) is 2.27. The number of imide groups is 2. The first-order valence-corrected chi connectivity index (χ1v) is 10.7. The molecule has 33 heavy (non-hydrogen) atoms. The Morgan fingerprint density at radius 2 is 1.67 bits per heavy atom. The van der Waals surface area contributed by atoms with Crippen LogP contribution in [0.2, 0.25) is 0 Å². The van der Waals surface area contributed by atoms with Gasteiger partial charge in [-0.15, -0.1) is 0 Å². The summed E-state index contributed by atoms with van der Waals surface area (Å²) in [5.74, 6) is -0.875. The predicted octanol–water partition coefficient (Wildman–Crippen LogP) is 4.47. The van der Waals surface area contributed by atoms with Crippen LogP contribution in [0.4, 0.5) is 10.5 Å². The second-order valence-corrected chi connectivity index (χ2v) is 7.89. The maximum absolute atomic E-state index is 13.3. The molecule has 1 fully saturated rings. The summed E-state index contributed by atoms with van der Waals surface area (Å²) in [6.45, 7) is 8.22. The van der Waals surface area contributed by atoms with E-state index in [1.54, 1.807) is 24.3 Å². The first-order valence-electron chi connectivity index (χ1n) is 10.7. The van der Waals surface area contributed by atoms with Gasteiger partial charge in [-0.2, -0.15) is 0 Å². The molecule has 7 nitrogen and oxygen atoms in total. The van der Waals surface area contributed by atoms with Crippen molar-refractivity contribution in [2.45, 2.75) is 27.7 Å². The van der Waals surface area contributed by atoms with E-state index in [1.165, 1.54) is 6.08 Å². The first-order chi connectivity index (χ1) is 15.8. The maximum Gasteiger partial charge on any atom is 0.335 e. The molecule has 0 aliphatic carbocycles. The number of barbiturate groups is 1. The average Bonchev–Trinajstić information content (AvgIpc) is 3.04. The van der Waals surface area contributed by atoms with Crippen LogP contribution in [-0.4, -0.2) is 29.0 Å². The minimum atomic E-state index is -0.791. The molecule has 1 N–H and O–H groups in total. The van der Waals surface area contributed by atoms with Gasteiger partial charge in [0.05, 0.1) is 12.3 Å². The average molecular weight is 444 g/mol. The second kappa shape index (κ2) is 8.78. The van der Waals surface area contributed by atoms with E-state index in [1.807, 2.05) is 52.0 Å². The number of urea groups is 1. The van der Waals surface area contributed by atoms with Crippen LogP contribution in [0.1, 0.15) is 29.4 Å². The van der Waals surface area contributed by atoms with Crippen LogP contribution >= 0.6 is 0 Å². The van der Waals surface area contributed by atoms with Gasteiger partial charge in [0, 0.05) is 23.1 Å². The van der Waals surface area contributed by atoms with E-state index in [-0.39, 0.29) is 5.57 Å². The summed E-state index contributed by atoms with van der Waals surface area (Å²) in [5.41, 5.74) is 4.92. The fourth-order valence-corrected chi connectivity index (χ4v) is 4.02. The van der Waals surface area contributed by atoms with Gasteiger partial charge in [-0.05, 0) is 75.2 Å². The Morgan fingerprint density at radius 3 is 2.39 bits per heavy atom. The van der Waals surface area contributed by atoms with Gasteiger partial charge >= 0.3 is 6.03 Å². The third-order valence-electron chi connectivity index (χ3n) is 5.52. The van der Waals surface area contributed by atoms with Crippen molar-refractivity contribution in [3.05, 3.63) is 82.7 Å². The Hall–Kier alpha value is -4.13. The van der Waals surface area contributed by atoms with Crippen LogP contribution in [0.3, 0.4) is 0 Å². The number of amides is 4. The van der Waals surface area contributed by atoms with Crippen LogP contribution in [-0.2, 0) is 9.59 Å². The summed E-state index contributed by atoms with van der Waals surface area (Å²) in [7, 11) is 0. The molecular formula is C26H25N3O4. The van der Waals surface area contributed by atoms with Gasteiger partial charge in [0.25, 0.3) is 11.8 Å². The number of carbonyl (C=O) groups is 3. The number of aryl methyl sites for hydroxylation is 2. The fraction of sp³-hybridized carbons (Fsp3) is 0.192. The molecule has 0 saturated carbocycles. The Morgan fingerprint density at radius 1 is 0.939 bits per heavy atom. The zero-order valence-corrected chi connectivity index (χ0v) is 19.0. The van der Waals surface area contributed by atoms with Gasteiger partial charge < -0.3 is 9.30 Å². The Kier molecular flexibility index (Phi) is 5.87. The predicted molar refractivity (Wildman–Crippen MR) is 127 cm³/mol. The van der Waals surface area contributed by atoms with Crippen LogP contribution in [0.15, 0.2) is 60.2 Å². The Bertz CT molecular complexity index is 1300. The van der Waals surface area contributed by atoms with Crippen molar-refractivity contribution in [3.63, 3.8) is 0 Å². The highest BCUT2D eigenvalue weighted by molar-refractivity contribution is 6.39. The van der Waals surface area contributed by atoms with E-state index in [9.17, 15) is 14.4 Å². The Labute approximate surface area is 192 Å². The van der Waals surface area contributed by atoms with Crippen molar-refractivity contribution < 1.29 is 19.1 Å². The number of nitrogens with zero attached hydrogens (tertiary/aromatic N) is 2. The SMILES string of the molecule is CCOc1cccc(N2C(=O)NC(=O)/C(=C\c3cc(C)n(-c4cccc(C)c4)c3C)C2=O)c1. The van der Waals surface area contributed by atoms with Gasteiger partial charge in [-0.3, -0.25) is 14.9 Å². The molecule has 3 aromatic rings. The highest BCUT2D eigenvalue weighted by Crippen LogP contribution is 2.28. The lowest BCUT2D eigenvalue weighted by atomic mass is 10.1. The molecule has 1 saturated heterocycles. The number of nitrogens with one attached hydrogen (secondary N) is 1. The molecule has 1 aliphatic rings. The summed E-state index contributed by atoms with van der Waals surface area (Å²) in [6.07, 6.45) is 1.54. The summed E-state index contributed by atoms with van der Waals surface area (Å²) < 4.78 is 7.55. The third-order valence-corrected chi connectivity index (χ3v) is 5.52. The number of anilines is 1. The zero-order valence-electron chi connectivity index (χ0n) is 19.0. The molecule has 0 spiro atoms. The smallest absolute Gasteiger partial charge is 0.335 e. The van der Waals surface area contributed by atoms with Crippen molar-refractivity contribution in [2.75, 3.05) is 11.5 Å². The molecule has 1 aliphatic heterocycles. The molecule has 2 heterocycles. The molecule has 1 aromatic heterocycles. The van der Waals surface area contributed by atoms with E-state index in [4.69, 9.17) is 4.74 Å². The molecule has 4 amide bonds. The van der Waals surface area contributed by atoms with Gasteiger partial charge in [-0.25, -0.2) is 9.69 Å². The molecule has 0 atom stereocenters. The lowest BCUT2D eigenvalue weighted by Crippen LogP contribution is -2.54. The summed E-state index contributed by atoms with van der Waals surface area (Å²) in [4.78, 5) is 39.4. The lowest BCUT2D eigenvalue weighted by Gasteiger charge is -2.26. The number of aromatic nitrogens is 1. The number of benzene rings is 2. The first kappa shape index (κ1) is 22.1. The highest BCUT2D eigenvalue weighted by Gasteiger charge is 2.37. The van der Waals surface area contributed by atoms with Crippen molar-refractivity contribution in [3.8, 4) is 11.4 Å². The third kappa shape index (κ3) is 4.17.